The predicted molar refractivity (Wildman–Crippen MR) is 126 cm³/mol. The Hall–Kier alpha value is -3.26. The normalized spacial score (nSPS) is 17.9. The number of amides is 1. The molecule has 8 heteroatoms. The third-order valence-electron chi connectivity index (χ3n) is 6.80. The van der Waals surface area contributed by atoms with E-state index in [1.807, 2.05) is 42.2 Å². The van der Waals surface area contributed by atoms with Crippen molar-refractivity contribution < 1.29 is 23.0 Å². The zero-order valence-electron chi connectivity index (χ0n) is 19.8. The van der Waals surface area contributed by atoms with Gasteiger partial charge in [-0.2, -0.15) is 5.10 Å². The predicted octanol–water partition coefficient (Wildman–Crippen LogP) is 5.56. The number of aryl methyl sites for hydroxylation is 1. The molecule has 6 nitrogen and oxygen atoms in total. The van der Waals surface area contributed by atoms with E-state index in [4.69, 9.17) is 9.47 Å². The van der Waals surface area contributed by atoms with Crippen LogP contribution in [0.25, 0.3) is 5.69 Å². The number of carbonyl (C=O) groups is 1. The number of para-hydroxylation sites is 1. The van der Waals surface area contributed by atoms with Crippen LogP contribution in [0.2, 0.25) is 0 Å². The molecule has 1 amide bonds. The van der Waals surface area contributed by atoms with Gasteiger partial charge in [0.2, 0.25) is 11.8 Å². The van der Waals surface area contributed by atoms with Crippen molar-refractivity contribution in [3.63, 3.8) is 0 Å². The lowest BCUT2D eigenvalue weighted by molar-refractivity contribution is -0.140. The summed E-state index contributed by atoms with van der Waals surface area (Å²) in [7, 11) is 0. The molecule has 0 unspecified atom stereocenters. The van der Waals surface area contributed by atoms with E-state index in [0.29, 0.717) is 30.3 Å². The minimum absolute atomic E-state index is 0.00223. The number of halogens is 2. The molecular formula is C27H29F2N3O3. The maximum absolute atomic E-state index is 14.6. The molecule has 2 aromatic carbocycles. The SMILES string of the molecule is Cc1nn(-c2ccccc2)c(Oc2ccc(F)cc2F)c1CN(C[C@@H]1CCCO1)C(=O)C1CCC1. The number of hydrogen-bond donors (Lipinski definition) is 0. The molecule has 0 N–H and O–H groups in total. The highest BCUT2D eigenvalue weighted by atomic mass is 19.1. The van der Waals surface area contributed by atoms with E-state index in [0.717, 1.165) is 49.9 Å². The Morgan fingerprint density at radius 2 is 1.94 bits per heavy atom. The first-order valence-corrected chi connectivity index (χ1v) is 12.2. The topological polar surface area (TPSA) is 56.6 Å². The van der Waals surface area contributed by atoms with Gasteiger partial charge in [-0.15, -0.1) is 0 Å². The summed E-state index contributed by atoms with van der Waals surface area (Å²) in [4.78, 5) is 15.2. The zero-order valence-corrected chi connectivity index (χ0v) is 19.8. The highest BCUT2D eigenvalue weighted by molar-refractivity contribution is 5.79. The van der Waals surface area contributed by atoms with Gasteiger partial charge in [0, 0.05) is 25.1 Å². The van der Waals surface area contributed by atoms with E-state index in [9.17, 15) is 13.6 Å². The maximum atomic E-state index is 14.6. The van der Waals surface area contributed by atoms with Crippen molar-refractivity contribution in [1.82, 2.24) is 14.7 Å². The number of benzene rings is 2. The van der Waals surface area contributed by atoms with Crippen molar-refractivity contribution in [1.29, 1.82) is 0 Å². The van der Waals surface area contributed by atoms with Crippen LogP contribution in [0.3, 0.4) is 0 Å². The second-order valence-electron chi connectivity index (χ2n) is 9.27. The van der Waals surface area contributed by atoms with Gasteiger partial charge in [-0.25, -0.2) is 13.5 Å². The van der Waals surface area contributed by atoms with Crippen molar-refractivity contribution in [3.8, 4) is 17.3 Å². The first-order chi connectivity index (χ1) is 17.0. The molecule has 0 bridgehead atoms. The van der Waals surface area contributed by atoms with Crippen LogP contribution in [0.1, 0.15) is 43.4 Å². The van der Waals surface area contributed by atoms with Crippen molar-refractivity contribution in [3.05, 3.63) is 71.4 Å². The molecule has 1 saturated heterocycles. The Balaban J connectivity index is 1.53. The first-order valence-electron chi connectivity index (χ1n) is 12.2. The Bertz CT molecular complexity index is 1190. The highest BCUT2D eigenvalue weighted by Gasteiger charge is 2.33. The van der Waals surface area contributed by atoms with Crippen molar-refractivity contribution in [2.45, 2.75) is 51.7 Å². The monoisotopic (exact) mass is 481 g/mol. The molecule has 0 spiro atoms. The molecule has 1 aliphatic carbocycles. The van der Waals surface area contributed by atoms with E-state index in [1.54, 1.807) is 4.68 Å². The lowest BCUT2D eigenvalue weighted by Gasteiger charge is -2.33. The summed E-state index contributed by atoms with van der Waals surface area (Å²) in [6.45, 7) is 3.32. The molecule has 184 valence electrons. The van der Waals surface area contributed by atoms with Gasteiger partial charge in [0.05, 0.1) is 29.6 Å². The number of aromatic nitrogens is 2. The molecule has 2 fully saturated rings. The third kappa shape index (κ3) is 5.07. The van der Waals surface area contributed by atoms with E-state index in [1.165, 1.54) is 6.07 Å². The van der Waals surface area contributed by atoms with E-state index >= 15 is 0 Å². The van der Waals surface area contributed by atoms with Crippen molar-refractivity contribution in [2.24, 2.45) is 5.92 Å². The fraction of sp³-hybridized carbons (Fsp3) is 0.407. The Kier molecular flexibility index (Phi) is 6.81. The first kappa shape index (κ1) is 23.5. The average Bonchev–Trinajstić information content (AvgIpc) is 3.43. The van der Waals surface area contributed by atoms with Gasteiger partial charge in [-0.1, -0.05) is 24.6 Å². The van der Waals surface area contributed by atoms with Crippen LogP contribution in [0, 0.1) is 24.5 Å². The number of hydrogen-bond acceptors (Lipinski definition) is 4. The fourth-order valence-electron chi connectivity index (χ4n) is 4.60. The van der Waals surface area contributed by atoms with Crippen LogP contribution in [0.4, 0.5) is 8.78 Å². The lowest BCUT2D eigenvalue weighted by Crippen LogP contribution is -2.42. The number of rotatable bonds is 8. The second kappa shape index (κ2) is 10.2. The quantitative estimate of drug-likeness (QED) is 0.423. The summed E-state index contributed by atoms with van der Waals surface area (Å²) in [5, 5.41) is 4.67. The standard InChI is InChI=1S/C27H29F2N3O3/c1-18-23(17-31(16-22-11-6-14-34-22)26(33)19-7-5-8-19)27(32(30-18)21-9-3-2-4-10-21)35-25-13-12-20(28)15-24(25)29/h2-4,9-10,12-13,15,19,22H,5-8,11,14,16-17H2,1H3/t22-/m0/s1. The van der Waals surface area contributed by atoms with Crippen LogP contribution in [-0.2, 0) is 16.1 Å². The van der Waals surface area contributed by atoms with Crippen LogP contribution in [-0.4, -0.2) is 39.8 Å². The molecule has 2 aliphatic rings. The molecular weight excluding hydrogens is 452 g/mol. The summed E-state index contributed by atoms with van der Waals surface area (Å²) < 4.78 is 41.5. The Labute approximate surface area is 203 Å². The summed E-state index contributed by atoms with van der Waals surface area (Å²) >= 11 is 0. The lowest BCUT2D eigenvalue weighted by atomic mass is 9.84. The van der Waals surface area contributed by atoms with Crippen LogP contribution in [0.5, 0.6) is 11.6 Å². The van der Waals surface area contributed by atoms with Gasteiger partial charge in [0.1, 0.15) is 5.82 Å². The molecule has 35 heavy (non-hydrogen) atoms. The van der Waals surface area contributed by atoms with Crippen molar-refractivity contribution >= 4 is 5.91 Å². The van der Waals surface area contributed by atoms with Crippen LogP contribution < -0.4 is 4.74 Å². The van der Waals surface area contributed by atoms with Gasteiger partial charge in [0.25, 0.3) is 0 Å². The fourth-order valence-corrected chi connectivity index (χ4v) is 4.60. The van der Waals surface area contributed by atoms with Gasteiger partial charge >= 0.3 is 0 Å². The van der Waals surface area contributed by atoms with Crippen molar-refractivity contribution in [2.75, 3.05) is 13.2 Å². The Morgan fingerprint density at radius 1 is 1.14 bits per heavy atom. The molecule has 1 atom stereocenters. The molecule has 0 radical (unpaired) electrons. The summed E-state index contributed by atoms with van der Waals surface area (Å²) in [6, 6.07) is 12.6. The number of carbonyl (C=O) groups excluding carboxylic acids is 1. The zero-order chi connectivity index (χ0) is 24.4. The third-order valence-corrected chi connectivity index (χ3v) is 6.80. The van der Waals surface area contributed by atoms with Gasteiger partial charge in [-0.05, 0) is 56.9 Å². The minimum Gasteiger partial charge on any atom is -0.435 e. The summed E-state index contributed by atoms with van der Waals surface area (Å²) in [5.41, 5.74) is 2.09. The Morgan fingerprint density at radius 3 is 2.60 bits per heavy atom. The average molecular weight is 482 g/mol. The largest absolute Gasteiger partial charge is 0.435 e. The number of nitrogens with zero attached hydrogens (tertiary/aromatic N) is 3. The summed E-state index contributed by atoms with van der Waals surface area (Å²) in [5.74, 6) is -1.16. The number of ether oxygens (including phenoxy) is 2. The molecule has 3 aromatic rings. The maximum Gasteiger partial charge on any atom is 0.228 e. The van der Waals surface area contributed by atoms with E-state index < -0.39 is 11.6 Å². The van der Waals surface area contributed by atoms with Gasteiger partial charge in [0.15, 0.2) is 11.6 Å². The smallest absolute Gasteiger partial charge is 0.228 e. The van der Waals surface area contributed by atoms with Crippen LogP contribution in [0.15, 0.2) is 48.5 Å². The highest BCUT2D eigenvalue weighted by Crippen LogP contribution is 2.35. The molecule has 1 saturated carbocycles. The molecule has 2 heterocycles. The van der Waals surface area contributed by atoms with Crippen LogP contribution >= 0.6 is 0 Å². The molecule has 1 aliphatic heterocycles. The van der Waals surface area contributed by atoms with Gasteiger partial charge < -0.3 is 14.4 Å². The summed E-state index contributed by atoms with van der Waals surface area (Å²) in [6.07, 6.45) is 4.76. The van der Waals surface area contributed by atoms with Gasteiger partial charge in [-0.3, -0.25) is 4.79 Å². The second-order valence-corrected chi connectivity index (χ2v) is 9.27. The minimum atomic E-state index is -0.809. The molecule has 5 rings (SSSR count). The van der Waals surface area contributed by atoms with E-state index in [-0.39, 0.29) is 30.2 Å². The molecule has 1 aromatic heterocycles. The van der Waals surface area contributed by atoms with E-state index in [2.05, 4.69) is 5.10 Å².